The van der Waals surface area contributed by atoms with Crippen molar-refractivity contribution in [3.05, 3.63) is 87.3 Å². The van der Waals surface area contributed by atoms with Gasteiger partial charge in [-0.05, 0) is 25.1 Å². The Bertz CT molecular complexity index is 1490. The van der Waals surface area contributed by atoms with E-state index in [0.717, 1.165) is 16.8 Å². The zero-order valence-corrected chi connectivity index (χ0v) is 16.7. The van der Waals surface area contributed by atoms with Crippen LogP contribution in [-0.4, -0.2) is 29.6 Å². The molecule has 0 atom stereocenters. The van der Waals surface area contributed by atoms with Gasteiger partial charge in [0.05, 0.1) is 23.0 Å². The van der Waals surface area contributed by atoms with E-state index in [9.17, 15) is 4.79 Å². The first-order chi connectivity index (χ1) is 14.7. The van der Waals surface area contributed by atoms with Gasteiger partial charge in [-0.1, -0.05) is 47.7 Å². The standard InChI is InChI=1S/C20H16N8OS/c1-13-18(24-22-15-8-3-2-4-9-15)30-20-25-23-17(28(20)26-13)12-27-19(29)16-10-6-5-7-14(16)11-21-27/h2-11,22H,12H2,1H3/b24-18+. The molecule has 0 bridgehead atoms. The van der Waals surface area contributed by atoms with E-state index in [1.165, 1.54) is 16.0 Å². The number of aryl methyl sites for hydroxylation is 1. The second-order valence-corrected chi connectivity index (χ2v) is 7.54. The summed E-state index contributed by atoms with van der Waals surface area (Å²) >= 11 is 1.36. The van der Waals surface area contributed by atoms with E-state index >= 15 is 0 Å². The van der Waals surface area contributed by atoms with E-state index in [1.807, 2.05) is 55.5 Å². The highest BCUT2D eigenvalue weighted by atomic mass is 32.1. The van der Waals surface area contributed by atoms with Crippen molar-refractivity contribution in [3.8, 4) is 0 Å². The molecule has 0 aliphatic carbocycles. The zero-order valence-electron chi connectivity index (χ0n) is 15.9. The number of para-hydroxylation sites is 1. The Morgan fingerprint density at radius 2 is 1.87 bits per heavy atom. The molecule has 3 heterocycles. The number of nitrogens with one attached hydrogen (secondary N) is 1. The van der Waals surface area contributed by atoms with Crippen molar-refractivity contribution in [2.75, 3.05) is 5.43 Å². The lowest BCUT2D eigenvalue weighted by Gasteiger charge is -2.05. The maximum Gasteiger partial charge on any atom is 0.275 e. The lowest BCUT2D eigenvalue weighted by Crippen LogP contribution is -2.24. The average molecular weight is 416 g/mol. The van der Waals surface area contributed by atoms with Gasteiger partial charge in [-0.2, -0.15) is 19.8 Å². The van der Waals surface area contributed by atoms with Gasteiger partial charge in [0, 0.05) is 5.39 Å². The molecule has 0 aliphatic rings. The molecule has 3 aromatic heterocycles. The molecule has 0 saturated carbocycles. The molecule has 0 amide bonds. The van der Waals surface area contributed by atoms with Crippen LogP contribution in [0, 0.1) is 6.92 Å². The second-order valence-electron chi connectivity index (χ2n) is 6.59. The molecule has 0 fully saturated rings. The highest BCUT2D eigenvalue weighted by Gasteiger charge is 2.12. The van der Waals surface area contributed by atoms with Gasteiger partial charge >= 0.3 is 0 Å². The summed E-state index contributed by atoms with van der Waals surface area (Å²) in [7, 11) is 0. The van der Waals surface area contributed by atoms with Crippen LogP contribution in [0.25, 0.3) is 15.7 Å². The van der Waals surface area contributed by atoms with Crippen molar-refractivity contribution in [2.24, 2.45) is 5.10 Å². The lowest BCUT2D eigenvalue weighted by atomic mass is 10.2. The fourth-order valence-corrected chi connectivity index (χ4v) is 3.78. The Labute approximate surface area is 174 Å². The van der Waals surface area contributed by atoms with Crippen LogP contribution in [0.5, 0.6) is 0 Å². The first kappa shape index (κ1) is 18.1. The average Bonchev–Trinajstić information content (AvgIpc) is 3.16. The topological polar surface area (TPSA) is 102 Å². The summed E-state index contributed by atoms with van der Waals surface area (Å²) in [6.07, 6.45) is 1.67. The van der Waals surface area contributed by atoms with Gasteiger partial charge in [0.15, 0.2) is 10.5 Å². The normalized spacial score (nSPS) is 12.0. The van der Waals surface area contributed by atoms with Crippen LogP contribution in [0.15, 0.2) is 70.7 Å². The fourth-order valence-electron chi connectivity index (χ4n) is 3.02. The van der Waals surface area contributed by atoms with Crippen LogP contribution < -0.4 is 15.7 Å². The third kappa shape index (κ3) is 3.33. The minimum Gasteiger partial charge on any atom is -0.277 e. The summed E-state index contributed by atoms with van der Waals surface area (Å²) in [6, 6.07) is 17.0. The molecule has 1 N–H and O–H groups in total. The molecule has 9 nitrogen and oxygen atoms in total. The summed E-state index contributed by atoms with van der Waals surface area (Å²) in [6.45, 7) is 2.04. The number of aromatic nitrogens is 6. The Balaban J connectivity index is 1.50. The Kier molecular flexibility index (Phi) is 4.52. The van der Waals surface area contributed by atoms with Crippen LogP contribution in [0.4, 0.5) is 5.69 Å². The van der Waals surface area contributed by atoms with Gasteiger partial charge in [0.25, 0.3) is 5.56 Å². The van der Waals surface area contributed by atoms with Gasteiger partial charge in [-0.15, -0.1) is 10.2 Å². The summed E-state index contributed by atoms with van der Waals surface area (Å²) in [5.41, 5.74) is 4.44. The predicted octanol–water partition coefficient (Wildman–Crippen LogP) is 2.18. The van der Waals surface area contributed by atoms with Crippen LogP contribution >= 0.6 is 11.3 Å². The van der Waals surface area contributed by atoms with E-state index in [2.05, 4.69) is 30.9 Å². The second kappa shape index (κ2) is 7.48. The molecule has 2 aromatic carbocycles. The number of benzene rings is 2. The number of nitrogens with zero attached hydrogens (tertiary/aromatic N) is 7. The quantitative estimate of drug-likeness (QED) is 0.451. The summed E-state index contributed by atoms with van der Waals surface area (Å²) in [4.78, 5) is 13.3. The first-order valence-electron chi connectivity index (χ1n) is 9.21. The molecule has 30 heavy (non-hydrogen) atoms. The number of rotatable bonds is 4. The maximum atomic E-state index is 12.7. The number of anilines is 1. The van der Waals surface area contributed by atoms with E-state index in [-0.39, 0.29) is 12.1 Å². The van der Waals surface area contributed by atoms with E-state index < -0.39 is 0 Å². The molecule has 0 unspecified atom stereocenters. The summed E-state index contributed by atoms with van der Waals surface area (Å²) in [5.74, 6) is 0.525. The summed E-state index contributed by atoms with van der Waals surface area (Å²) in [5, 5.41) is 23.1. The zero-order chi connectivity index (χ0) is 20.5. The lowest BCUT2D eigenvalue weighted by molar-refractivity contribution is 0.605. The number of hydrogen-bond acceptors (Lipinski definition) is 8. The minimum absolute atomic E-state index is 0.169. The molecule has 0 spiro atoms. The number of hydrogen-bond donors (Lipinski definition) is 1. The third-order valence-corrected chi connectivity index (χ3v) is 5.55. The molecule has 0 aliphatic heterocycles. The first-order valence-corrected chi connectivity index (χ1v) is 10.0. The predicted molar refractivity (Wildman–Crippen MR) is 114 cm³/mol. The highest BCUT2D eigenvalue weighted by molar-refractivity contribution is 7.14. The SMILES string of the molecule is Cc1nn2c(Cn3ncc4ccccc4c3=O)nnc2s/c1=N/Nc1ccccc1. The van der Waals surface area contributed by atoms with Crippen molar-refractivity contribution in [1.82, 2.24) is 29.6 Å². The summed E-state index contributed by atoms with van der Waals surface area (Å²) < 4.78 is 3.70. The van der Waals surface area contributed by atoms with Crippen LogP contribution in [-0.2, 0) is 6.54 Å². The van der Waals surface area contributed by atoms with Gasteiger partial charge in [0.2, 0.25) is 4.96 Å². The minimum atomic E-state index is -0.177. The van der Waals surface area contributed by atoms with Crippen molar-refractivity contribution in [2.45, 2.75) is 13.5 Å². The van der Waals surface area contributed by atoms with Crippen molar-refractivity contribution in [1.29, 1.82) is 0 Å². The van der Waals surface area contributed by atoms with Crippen LogP contribution in [0.1, 0.15) is 11.5 Å². The van der Waals surface area contributed by atoms with Crippen LogP contribution in [0.3, 0.4) is 0 Å². The van der Waals surface area contributed by atoms with E-state index in [0.29, 0.717) is 20.8 Å². The van der Waals surface area contributed by atoms with Gasteiger partial charge in [-0.25, -0.2) is 4.68 Å². The van der Waals surface area contributed by atoms with Crippen molar-refractivity contribution >= 4 is 32.8 Å². The molecular formula is C20H16N8OS. The Morgan fingerprint density at radius 1 is 1.07 bits per heavy atom. The van der Waals surface area contributed by atoms with Crippen molar-refractivity contribution < 1.29 is 0 Å². The smallest absolute Gasteiger partial charge is 0.275 e. The van der Waals surface area contributed by atoms with Gasteiger partial charge in [-0.3, -0.25) is 10.2 Å². The molecule has 0 saturated heterocycles. The molecule has 5 rings (SSSR count). The molecule has 10 heteroatoms. The van der Waals surface area contributed by atoms with E-state index in [1.54, 1.807) is 16.8 Å². The highest BCUT2D eigenvalue weighted by Crippen LogP contribution is 2.09. The molecule has 5 aromatic rings. The van der Waals surface area contributed by atoms with Crippen molar-refractivity contribution in [3.63, 3.8) is 0 Å². The molecule has 148 valence electrons. The maximum absolute atomic E-state index is 12.7. The monoisotopic (exact) mass is 416 g/mol. The van der Waals surface area contributed by atoms with Crippen LogP contribution in [0.2, 0.25) is 0 Å². The molecule has 0 radical (unpaired) electrons. The third-order valence-electron chi connectivity index (χ3n) is 4.54. The Morgan fingerprint density at radius 3 is 2.73 bits per heavy atom. The van der Waals surface area contributed by atoms with Gasteiger partial charge in [0.1, 0.15) is 6.54 Å². The molecular weight excluding hydrogens is 400 g/mol. The largest absolute Gasteiger partial charge is 0.277 e. The van der Waals surface area contributed by atoms with Gasteiger partial charge < -0.3 is 0 Å². The Hall–Kier alpha value is -3.92. The number of fused-ring (bicyclic) bond motifs is 2. The fraction of sp³-hybridized carbons (Fsp3) is 0.100. The van der Waals surface area contributed by atoms with E-state index in [4.69, 9.17) is 0 Å².